The van der Waals surface area contributed by atoms with Gasteiger partial charge in [-0.15, -0.1) is 0 Å². The first-order valence-electron chi connectivity index (χ1n) is 45.7. The van der Waals surface area contributed by atoms with Crippen molar-refractivity contribution >= 4 is 33.6 Å². The van der Waals surface area contributed by atoms with Gasteiger partial charge in [0.15, 0.2) is 6.10 Å². The first kappa shape index (κ1) is 111. The Morgan fingerprint density at radius 3 is 0.675 bits per heavy atom. The highest BCUT2D eigenvalue weighted by molar-refractivity contribution is 7.47. The van der Waals surface area contributed by atoms with E-state index in [9.17, 15) is 43.5 Å². The van der Waals surface area contributed by atoms with Gasteiger partial charge in [-0.1, -0.05) is 369 Å². The van der Waals surface area contributed by atoms with Crippen LogP contribution in [0.3, 0.4) is 0 Å². The van der Waals surface area contributed by atoms with Crippen molar-refractivity contribution in [2.45, 2.75) is 373 Å². The monoisotopic (exact) mass is 1670 g/mol. The van der Waals surface area contributed by atoms with Gasteiger partial charge in [-0.2, -0.15) is 0 Å². The number of carbonyl (C=O) groups excluding carboxylic acids is 3. The van der Waals surface area contributed by atoms with Crippen molar-refractivity contribution < 1.29 is 75.8 Å². The molecule has 0 rings (SSSR count). The predicted octanol–water partition coefficient (Wildman–Crippen LogP) is 28.2. The van der Waals surface area contributed by atoms with Crippen LogP contribution in [0.4, 0.5) is 0 Å². The molecular formula is C99H164O16P2. The molecule has 0 fully saturated rings. The van der Waals surface area contributed by atoms with E-state index in [0.29, 0.717) is 19.3 Å². The second-order valence-electron chi connectivity index (χ2n) is 30.0. The van der Waals surface area contributed by atoms with Crippen LogP contribution in [0.25, 0.3) is 0 Å². The minimum Gasteiger partial charge on any atom is -0.463 e. The zero-order chi connectivity index (χ0) is 85.1. The number of allylic oxidation sites excluding steroid dienone is 32. The summed E-state index contributed by atoms with van der Waals surface area (Å²) in [5.74, 6) is -1.60. The topological polar surface area (TPSA) is 231 Å². The summed E-state index contributed by atoms with van der Waals surface area (Å²) in [5.41, 5.74) is 0. The van der Waals surface area contributed by atoms with E-state index >= 15 is 0 Å². The third-order valence-corrected chi connectivity index (χ3v) is 20.7. The molecule has 5 unspecified atom stereocenters. The van der Waals surface area contributed by atoms with E-state index in [1.807, 2.05) is 0 Å². The van der Waals surface area contributed by atoms with Gasteiger partial charge in [0.05, 0.1) is 26.4 Å². The molecule has 0 heterocycles. The molecule has 0 saturated carbocycles. The van der Waals surface area contributed by atoms with Crippen molar-refractivity contribution in [3.63, 3.8) is 0 Å². The number of phosphoric ester groups is 2. The van der Waals surface area contributed by atoms with E-state index in [4.69, 9.17) is 32.3 Å². The van der Waals surface area contributed by atoms with E-state index < -0.39 is 91.5 Å². The number of aliphatic hydroxyl groups is 2. The van der Waals surface area contributed by atoms with Crippen molar-refractivity contribution in [1.29, 1.82) is 0 Å². The number of aliphatic hydroxyl groups excluding tert-OH is 2. The molecule has 5 atom stereocenters. The van der Waals surface area contributed by atoms with Gasteiger partial charge in [0.2, 0.25) is 0 Å². The molecule has 0 saturated heterocycles. The summed E-state index contributed by atoms with van der Waals surface area (Å²) in [6.07, 6.45) is 119. The van der Waals surface area contributed by atoms with E-state index in [-0.39, 0.29) is 19.3 Å². The van der Waals surface area contributed by atoms with Crippen LogP contribution in [0.15, 0.2) is 194 Å². The van der Waals surface area contributed by atoms with Crippen LogP contribution in [0, 0.1) is 0 Å². The molecule has 0 aliphatic carbocycles. The van der Waals surface area contributed by atoms with Crippen molar-refractivity contribution in [2.75, 3.05) is 39.6 Å². The third-order valence-electron chi connectivity index (χ3n) is 18.8. The fourth-order valence-electron chi connectivity index (χ4n) is 12.0. The quantitative estimate of drug-likeness (QED) is 0.0146. The van der Waals surface area contributed by atoms with Crippen LogP contribution in [0.1, 0.15) is 355 Å². The summed E-state index contributed by atoms with van der Waals surface area (Å²) < 4.78 is 61.5. The lowest BCUT2D eigenvalue weighted by Gasteiger charge is -2.21. The van der Waals surface area contributed by atoms with Crippen LogP contribution in [0.5, 0.6) is 0 Å². The van der Waals surface area contributed by atoms with Crippen molar-refractivity contribution in [2.24, 2.45) is 0 Å². The fraction of sp³-hybridized carbons (Fsp3) is 0.646. The second kappa shape index (κ2) is 89.6. The van der Waals surface area contributed by atoms with Gasteiger partial charge >= 0.3 is 33.6 Å². The van der Waals surface area contributed by atoms with Gasteiger partial charge in [0.25, 0.3) is 0 Å². The lowest BCUT2D eigenvalue weighted by Crippen LogP contribution is -2.30. The van der Waals surface area contributed by atoms with Gasteiger partial charge in [-0.25, -0.2) is 9.13 Å². The summed E-state index contributed by atoms with van der Waals surface area (Å²) in [4.78, 5) is 59.0. The summed E-state index contributed by atoms with van der Waals surface area (Å²) in [5, 5.41) is 20.7. The Morgan fingerprint density at radius 1 is 0.239 bits per heavy atom. The standard InChI is InChI=1S/C99H164O16P2/c1-4-7-10-13-16-19-22-25-28-31-34-37-40-41-42-43-44-45-46-47-48-49-50-51-54-56-58-61-64-67-70-73-76-79-82-85-97(102)109-88-94(100)89-111-116(105,106)112-90-95(101)91-113-117(107,108)114-93-96(115-99(104)87-84-81-78-75-72-69-66-63-60-57-53-39-36-33-30-27-24-21-18-15-12-9-6-3)92-110-98(103)86-83-80-77-74-71-68-65-62-59-55-52-38-35-32-29-26-23-20-17-14-11-8-5-2/h7-12,16-21,25-30,34-39,41-42,44-45,55,57,59-60,94-96,100-101H,4-6,13-15,22-24,31-33,40,43,46-54,56,58,61-93H2,1-3H3,(H,105,106)(H,107,108)/b10-7-,11-8-,12-9-,19-16-,20-17-,21-18-,28-25-,29-26-,30-27-,37-34-,38-35-,39-36-,42-41-,45-44-,59-55-,60-57-. The first-order valence-corrected chi connectivity index (χ1v) is 48.7. The van der Waals surface area contributed by atoms with Gasteiger partial charge < -0.3 is 34.2 Å². The summed E-state index contributed by atoms with van der Waals surface area (Å²) in [6.45, 7) is 2.34. The number of unbranched alkanes of at least 4 members (excludes halogenated alkanes) is 30. The van der Waals surface area contributed by atoms with E-state index in [1.165, 1.54) is 83.5 Å². The molecule has 0 aromatic rings. The molecular weight excluding hydrogens is 1510 g/mol. The maximum Gasteiger partial charge on any atom is 0.472 e. The predicted molar refractivity (Wildman–Crippen MR) is 491 cm³/mol. The lowest BCUT2D eigenvalue weighted by molar-refractivity contribution is -0.161. The van der Waals surface area contributed by atoms with Gasteiger partial charge in [-0.05, 0) is 161 Å². The Labute approximate surface area is 712 Å². The summed E-state index contributed by atoms with van der Waals surface area (Å²) >= 11 is 0. The van der Waals surface area contributed by atoms with Crippen LogP contribution >= 0.6 is 15.6 Å². The first-order chi connectivity index (χ1) is 57.2. The molecule has 0 bridgehead atoms. The zero-order valence-corrected chi connectivity index (χ0v) is 75.1. The fourth-order valence-corrected chi connectivity index (χ4v) is 13.6. The average molecular weight is 1670 g/mol. The Kier molecular flexibility index (Phi) is 85.3. The van der Waals surface area contributed by atoms with Crippen molar-refractivity contribution in [3.8, 4) is 0 Å². The molecule has 0 aromatic heterocycles. The van der Waals surface area contributed by atoms with E-state index in [0.717, 1.165) is 212 Å². The molecule has 0 aliphatic rings. The van der Waals surface area contributed by atoms with Crippen LogP contribution in [0.2, 0.25) is 0 Å². The molecule has 117 heavy (non-hydrogen) atoms. The molecule has 18 heteroatoms. The maximum absolute atomic E-state index is 13.1. The molecule has 0 radical (unpaired) electrons. The van der Waals surface area contributed by atoms with E-state index in [2.05, 4.69) is 215 Å². The molecule has 0 amide bonds. The Bertz CT molecular complexity index is 2910. The minimum atomic E-state index is -4.95. The average Bonchev–Trinajstić information content (AvgIpc) is 0.904. The molecule has 0 spiro atoms. The normalized spacial score (nSPS) is 14.7. The smallest absolute Gasteiger partial charge is 0.463 e. The Balaban J connectivity index is 4.57. The highest BCUT2D eigenvalue weighted by Crippen LogP contribution is 2.45. The molecule has 16 nitrogen and oxygen atoms in total. The SMILES string of the molecule is CC/C=C\C/C=C\C/C=C\C/C=C\C/C=C\C/C=C\CCCCCCCCCCCCCCCCCCC(=O)OCC(O)COP(=O)(O)OCC(O)COP(=O)(O)OCC(COC(=O)CCCCCCCCC/C=C\C/C=C\C/C=C\C/C=C\C/C=C\CC)OC(=O)CCCCCCCCC/C=C\C/C=C\C/C=C\C/C=C\C/C=C\CC. The van der Waals surface area contributed by atoms with Gasteiger partial charge in [0.1, 0.15) is 25.4 Å². The Hall–Kier alpha value is -5.61. The third kappa shape index (κ3) is 91.0. The van der Waals surface area contributed by atoms with Crippen LogP contribution in [-0.4, -0.2) is 95.9 Å². The summed E-state index contributed by atoms with van der Waals surface area (Å²) in [7, 11) is -9.82. The second-order valence-corrected chi connectivity index (χ2v) is 32.9. The van der Waals surface area contributed by atoms with Crippen LogP contribution in [-0.2, 0) is 55.8 Å². The maximum atomic E-state index is 13.1. The van der Waals surface area contributed by atoms with Crippen LogP contribution < -0.4 is 0 Å². The molecule has 0 aromatic carbocycles. The number of esters is 3. The number of hydrogen-bond donors (Lipinski definition) is 4. The number of carbonyl (C=O) groups is 3. The number of hydrogen-bond acceptors (Lipinski definition) is 14. The van der Waals surface area contributed by atoms with Gasteiger partial charge in [0, 0.05) is 19.3 Å². The molecule has 0 aliphatic heterocycles. The van der Waals surface area contributed by atoms with Gasteiger partial charge in [-0.3, -0.25) is 32.5 Å². The van der Waals surface area contributed by atoms with Crippen molar-refractivity contribution in [3.05, 3.63) is 194 Å². The highest BCUT2D eigenvalue weighted by Gasteiger charge is 2.29. The Morgan fingerprint density at radius 2 is 0.427 bits per heavy atom. The number of ether oxygens (including phenoxy) is 3. The largest absolute Gasteiger partial charge is 0.472 e. The number of rotatable bonds is 85. The molecule has 4 N–H and O–H groups in total. The highest BCUT2D eigenvalue weighted by atomic mass is 31.2. The number of phosphoric acid groups is 2. The van der Waals surface area contributed by atoms with Crippen molar-refractivity contribution in [1.82, 2.24) is 0 Å². The minimum absolute atomic E-state index is 0.0824. The molecule has 666 valence electrons. The summed E-state index contributed by atoms with van der Waals surface area (Å²) in [6, 6.07) is 0. The lowest BCUT2D eigenvalue weighted by atomic mass is 10.0. The van der Waals surface area contributed by atoms with E-state index in [1.54, 1.807) is 0 Å². The zero-order valence-electron chi connectivity index (χ0n) is 73.3.